The van der Waals surface area contributed by atoms with Crippen LogP contribution in [0.2, 0.25) is 0 Å². The van der Waals surface area contributed by atoms with Gasteiger partial charge in [0.25, 0.3) is 11.8 Å². The van der Waals surface area contributed by atoms with Crippen molar-refractivity contribution in [2.45, 2.75) is 92.2 Å². The van der Waals surface area contributed by atoms with Gasteiger partial charge in [0.2, 0.25) is 0 Å². The number of nitrogens with one attached hydrogen (secondary N) is 2. The van der Waals surface area contributed by atoms with Gasteiger partial charge in [-0.25, -0.2) is 0 Å². The van der Waals surface area contributed by atoms with E-state index in [-0.39, 0.29) is 34.7 Å². The van der Waals surface area contributed by atoms with Gasteiger partial charge in [-0.3, -0.25) is 9.59 Å². The zero-order valence-electron chi connectivity index (χ0n) is 19.7. The van der Waals surface area contributed by atoms with Gasteiger partial charge < -0.3 is 10.6 Å². The summed E-state index contributed by atoms with van der Waals surface area (Å²) in [5, 5.41) is 6.43. The fourth-order valence-electron chi connectivity index (χ4n) is 6.25. The molecule has 0 heterocycles. The van der Waals surface area contributed by atoms with Crippen molar-refractivity contribution in [2.24, 2.45) is 22.7 Å². The van der Waals surface area contributed by atoms with E-state index in [1.165, 1.54) is 12.8 Å². The summed E-state index contributed by atoms with van der Waals surface area (Å²) in [5.41, 5.74) is 1.64. The molecule has 2 aliphatic rings. The van der Waals surface area contributed by atoms with Crippen LogP contribution in [0.4, 0.5) is 0 Å². The van der Waals surface area contributed by atoms with Gasteiger partial charge in [-0.05, 0) is 79.4 Å². The minimum atomic E-state index is -0.0769. The quantitative estimate of drug-likeness (QED) is 0.678. The maximum atomic E-state index is 12.9. The minimum absolute atomic E-state index is 0.0769. The van der Waals surface area contributed by atoms with E-state index in [1.54, 1.807) is 18.2 Å². The number of hydrogen-bond acceptors (Lipinski definition) is 2. The van der Waals surface area contributed by atoms with Crippen molar-refractivity contribution in [3.8, 4) is 0 Å². The van der Waals surface area contributed by atoms with Crippen LogP contribution in [0.3, 0.4) is 0 Å². The summed E-state index contributed by atoms with van der Waals surface area (Å²) in [5.74, 6) is 1.07. The third kappa shape index (κ3) is 6.09. The Morgan fingerprint density at radius 2 is 1.17 bits per heavy atom. The van der Waals surface area contributed by atoms with E-state index in [0.717, 1.165) is 25.7 Å². The van der Waals surface area contributed by atoms with E-state index in [1.807, 2.05) is 6.07 Å². The maximum absolute atomic E-state index is 12.9. The van der Waals surface area contributed by atoms with Crippen molar-refractivity contribution in [3.63, 3.8) is 0 Å². The lowest BCUT2D eigenvalue weighted by molar-refractivity contribution is 0.0871. The molecule has 2 amide bonds. The van der Waals surface area contributed by atoms with Crippen LogP contribution in [0.25, 0.3) is 0 Å². The van der Waals surface area contributed by atoms with Gasteiger partial charge in [0.15, 0.2) is 0 Å². The molecule has 0 saturated heterocycles. The molecule has 3 rings (SSSR count). The molecule has 2 aliphatic carbocycles. The van der Waals surface area contributed by atoms with Crippen molar-refractivity contribution in [3.05, 3.63) is 35.4 Å². The zero-order valence-corrected chi connectivity index (χ0v) is 19.7. The van der Waals surface area contributed by atoms with Gasteiger partial charge in [0.05, 0.1) is 0 Å². The Morgan fingerprint density at radius 3 is 1.53 bits per heavy atom. The first-order chi connectivity index (χ1) is 13.9. The van der Waals surface area contributed by atoms with E-state index in [9.17, 15) is 9.59 Å². The first kappa shape index (κ1) is 22.8. The van der Waals surface area contributed by atoms with Crippen LogP contribution < -0.4 is 10.6 Å². The lowest BCUT2D eigenvalue weighted by atomic mass is 9.70. The van der Waals surface area contributed by atoms with Crippen LogP contribution in [0.15, 0.2) is 24.3 Å². The Morgan fingerprint density at radius 1 is 0.767 bits per heavy atom. The third-order valence-electron chi connectivity index (χ3n) is 6.83. The number of carbonyl (C=O) groups excluding carboxylic acids is 2. The predicted molar refractivity (Wildman–Crippen MR) is 123 cm³/mol. The number of benzene rings is 1. The summed E-state index contributed by atoms with van der Waals surface area (Å²) in [6, 6.07) is 7.54. The summed E-state index contributed by atoms with van der Waals surface area (Å²) >= 11 is 0. The fraction of sp³-hybridized carbons (Fsp3) is 0.692. The lowest BCUT2D eigenvalue weighted by Crippen LogP contribution is -2.43. The van der Waals surface area contributed by atoms with Crippen LogP contribution >= 0.6 is 0 Å². The van der Waals surface area contributed by atoms with E-state index in [0.29, 0.717) is 23.0 Å². The van der Waals surface area contributed by atoms with Crippen molar-refractivity contribution in [2.75, 3.05) is 0 Å². The molecule has 0 radical (unpaired) electrons. The highest BCUT2D eigenvalue weighted by Gasteiger charge is 2.34. The molecule has 1 aromatic rings. The van der Waals surface area contributed by atoms with E-state index < -0.39 is 0 Å². The normalized spacial score (nSPS) is 30.3. The molecule has 0 spiro atoms. The van der Waals surface area contributed by atoms with Crippen LogP contribution in [0.1, 0.15) is 101 Å². The van der Waals surface area contributed by atoms with E-state index >= 15 is 0 Å². The smallest absolute Gasteiger partial charge is 0.251 e. The summed E-state index contributed by atoms with van der Waals surface area (Å²) in [6.07, 6.45) is 6.44. The standard InChI is InChI=1S/C26H40N2O2/c1-17-10-21(15-25(3,4)13-17)27-23(29)19-8-7-9-20(12-19)24(30)28-22-11-18(2)14-26(5,6)16-22/h7-9,12,17-18,21-22H,10-11,13-16H2,1-6H3,(H,27,29)(H,28,30)/t17-,18+,21-,22+. The highest BCUT2D eigenvalue weighted by molar-refractivity contribution is 5.99. The van der Waals surface area contributed by atoms with Crippen LogP contribution in [0.5, 0.6) is 0 Å². The number of amides is 2. The molecule has 4 nitrogen and oxygen atoms in total. The summed E-state index contributed by atoms with van der Waals surface area (Å²) < 4.78 is 0. The average Bonchev–Trinajstić information content (AvgIpc) is 2.58. The second-order valence-corrected chi connectivity index (χ2v) is 11.7. The zero-order chi connectivity index (χ0) is 22.1. The first-order valence-electron chi connectivity index (χ1n) is 11.6. The largest absolute Gasteiger partial charge is 0.349 e. The van der Waals surface area contributed by atoms with Crippen LogP contribution in [-0.4, -0.2) is 23.9 Å². The number of rotatable bonds is 4. The Labute approximate surface area is 182 Å². The molecular formula is C26H40N2O2. The molecule has 2 fully saturated rings. The van der Waals surface area contributed by atoms with Crippen molar-refractivity contribution >= 4 is 11.8 Å². The maximum Gasteiger partial charge on any atom is 0.251 e. The molecule has 4 heteroatoms. The highest BCUT2D eigenvalue weighted by Crippen LogP contribution is 2.39. The average molecular weight is 413 g/mol. The Hall–Kier alpha value is -1.84. The molecule has 1 aromatic carbocycles. The van der Waals surface area contributed by atoms with Gasteiger partial charge >= 0.3 is 0 Å². The molecule has 166 valence electrons. The van der Waals surface area contributed by atoms with Gasteiger partial charge in [-0.15, -0.1) is 0 Å². The predicted octanol–water partition coefficient (Wildman–Crippen LogP) is 5.58. The van der Waals surface area contributed by atoms with Crippen molar-refractivity contribution in [1.29, 1.82) is 0 Å². The summed E-state index contributed by atoms with van der Waals surface area (Å²) in [7, 11) is 0. The van der Waals surface area contributed by atoms with Gasteiger partial charge in [0, 0.05) is 23.2 Å². The Kier molecular flexibility index (Phi) is 6.64. The van der Waals surface area contributed by atoms with Crippen LogP contribution in [0, 0.1) is 22.7 Å². The molecule has 2 saturated carbocycles. The monoisotopic (exact) mass is 412 g/mol. The molecule has 0 unspecified atom stereocenters. The van der Waals surface area contributed by atoms with Crippen molar-refractivity contribution in [1.82, 2.24) is 10.6 Å². The van der Waals surface area contributed by atoms with Crippen LogP contribution in [-0.2, 0) is 0 Å². The molecule has 0 aromatic heterocycles. The number of carbonyl (C=O) groups is 2. The van der Waals surface area contributed by atoms with Gasteiger partial charge in [-0.2, -0.15) is 0 Å². The van der Waals surface area contributed by atoms with Gasteiger partial charge in [-0.1, -0.05) is 47.6 Å². The number of hydrogen-bond donors (Lipinski definition) is 2. The topological polar surface area (TPSA) is 58.2 Å². The van der Waals surface area contributed by atoms with E-state index in [2.05, 4.69) is 52.2 Å². The van der Waals surface area contributed by atoms with E-state index in [4.69, 9.17) is 0 Å². The third-order valence-corrected chi connectivity index (χ3v) is 6.83. The molecule has 30 heavy (non-hydrogen) atoms. The molecule has 0 aliphatic heterocycles. The summed E-state index contributed by atoms with van der Waals surface area (Å²) in [6.45, 7) is 13.6. The second kappa shape index (κ2) is 8.72. The Balaban J connectivity index is 1.64. The van der Waals surface area contributed by atoms with Gasteiger partial charge in [0.1, 0.15) is 0 Å². The van der Waals surface area contributed by atoms with Crippen molar-refractivity contribution < 1.29 is 9.59 Å². The Bertz CT molecular complexity index is 722. The minimum Gasteiger partial charge on any atom is -0.349 e. The fourth-order valence-corrected chi connectivity index (χ4v) is 6.25. The molecular weight excluding hydrogens is 372 g/mol. The summed E-state index contributed by atoms with van der Waals surface area (Å²) in [4.78, 5) is 25.8. The lowest BCUT2D eigenvalue weighted by Gasteiger charge is -2.39. The first-order valence-corrected chi connectivity index (χ1v) is 11.6. The SMILES string of the molecule is C[C@@H]1C[C@@H](NC(=O)c2cccc(C(=O)N[C@H]3C[C@H](C)CC(C)(C)C3)c2)CC(C)(C)C1. The molecule has 2 N–H and O–H groups in total. The molecule has 0 bridgehead atoms. The highest BCUT2D eigenvalue weighted by atomic mass is 16.2. The molecule has 4 atom stereocenters. The second-order valence-electron chi connectivity index (χ2n) is 11.7.